The van der Waals surface area contributed by atoms with Crippen molar-refractivity contribution in [1.29, 1.82) is 0 Å². The van der Waals surface area contributed by atoms with Crippen LogP contribution in [0.15, 0.2) is 0 Å². The number of likely N-dealkylation sites (tertiary alicyclic amines) is 1. The summed E-state index contributed by atoms with van der Waals surface area (Å²) in [5.74, 6) is 4.10. The molecule has 1 saturated heterocycles. The first-order valence-electron chi connectivity index (χ1n) is 8.15. The second-order valence-electron chi connectivity index (χ2n) is 7.24. The van der Waals surface area contributed by atoms with Crippen LogP contribution in [0, 0.1) is 29.6 Å². The van der Waals surface area contributed by atoms with Gasteiger partial charge in [0.15, 0.2) is 0 Å². The van der Waals surface area contributed by atoms with Crippen LogP contribution in [-0.2, 0) is 4.79 Å². The second-order valence-corrected chi connectivity index (χ2v) is 7.24. The van der Waals surface area contributed by atoms with Gasteiger partial charge in [-0.2, -0.15) is 0 Å². The molecule has 5 atom stereocenters. The van der Waals surface area contributed by atoms with E-state index in [1.165, 1.54) is 25.7 Å². The van der Waals surface area contributed by atoms with Crippen LogP contribution in [0.4, 0.5) is 0 Å². The quantitative estimate of drug-likeness (QED) is 0.850. The Kier molecular flexibility index (Phi) is 3.84. The lowest BCUT2D eigenvalue weighted by Crippen LogP contribution is -2.46. The van der Waals surface area contributed by atoms with Gasteiger partial charge in [0.2, 0.25) is 5.91 Å². The first kappa shape index (κ1) is 13.4. The summed E-state index contributed by atoms with van der Waals surface area (Å²) >= 11 is 0. The topological polar surface area (TPSA) is 46.3 Å². The van der Waals surface area contributed by atoms with Crippen molar-refractivity contribution in [2.24, 2.45) is 35.3 Å². The SMILES string of the molecule is CC1CCN(C(=O)CC2CC3CCC2C3)CC1CN. The Balaban J connectivity index is 1.53. The highest BCUT2D eigenvalue weighted by atomic mass is 16.2. The number of fused-ring (bicyclic) bond motifs is 2. The zero-order valence-electron chi connectivity index (χ0n) is 12.2. The third kappa shape index (κ3) is 2.67. The van der Waals surface area contributed by atoms with Gasteiger partial charge in [-0.05, 0) is 61.8 Å². The van der Waals surface area contributed by atoms with Gasteiger partial charge in [0.25, 0.3) is 0 Å². The van der Waals surface area contributed by atoms with E-state index in [-0.39, 0.29) is 0 Å². The van der Waals surface area contributed by atoms with Crippen molar-refractivity contribution in [3.63, 3.8) is 0 Å². The minimum atomic E-state index is 0.405. The lowest BCUT2D eigenvalue weighted by molar-refractivity contribution is -0.135. The molecule has 2 aliphatic carbocycles. The molecule has 2 N–H and O–H groups in total. The highest BCUT2D eigenvalue weighted by molar-refractivity contribution is 5.76. The first-order valence-corrected chi connectivity index (χ1v) is 8.15. The average Bonchev–Trinajstić information content (AvgIpc) is 3.01. The van der Waals surface area contributed by atoms with E-state index in [0.29, 0.717) is 23.7 Å². The summed E-state index contributed by atoms with van der Waals surface area (Å²) in [6.07, 6.45) is 7.47. The van der Waals surface area contributed by atoms with Crippen LogP contribution in [0.25, 0.3) is 0 Å². The molecule has 2 bridgehead atoms. The first-order chi connectivity index (χ1) is 9.17. The highest BCUT2D eigenvalue weighted by Crippen LogP contribution is 2.49. The fourth-order valence-electron chi connectivity index (χ4n) is 4.66. The van der Waals surface area contributed by atoms with Gasteiger partial charge in [0, 0.05) is 19.5 Å². The number of carbonyl (C=O) groups excluding carboxylic acids is 1. The number of hydrogen-bond donors (Lipinski definition) is 1. The van der Waals surface area contributed by atoms with Crippen LogP contribution in [0.5, 0.6) is 0 Å². The molecule has 1 amide bonds. The van der Waals surface area contributed by atoms with Gasteiger partial charge in [-0.1, -0.05) is 13.3 Å². The normalized spacial score (nSPS) is 41.8. The maximum Gasteiger partial charge on any atom is 0.222 e. The Morgan fingerprint density at radius 2 is 2.05 bits per heavy atom. The number of piperidine rings is 1. The fraction of sp³-hybridized carbons (Fsp3) is 0.938. The highest BCUT2D eigenvalue weighted by Gasteiger charge is 2.41. The van der Waals surface area contributed by atoms with Gasteiger partial charge in [-0.3, -0.25) is 4.79 Å². The molecule has 3 fully saturated rings. The summed E-state index contributed by atoms with van der Waals surface area (Å²) in [4.78, 5) is 14.6. The summed E-state index contributed by atoms with van der Waals surface area (Å²) in [6, 6.07) is 0. The summed E-state index contributed by atoms with van der Waals surface area (Å²) < 4.78 is 0. The summed E-state index contributed by atoms with van der Waals surface area (Å²) in [6.45, 7) is 4.85. The van der Waals surface area contributed by atoms with E-state index in [2.05, 4.69) is 11.8 Å². The maximum atomic E-state index is 12.5. The largest absolute Gasteiger partial charge is 0.342 e. The fourth-order valence-corrected chi connectivity index (χ4v) is 4.66. The molecule has 1 aliphatic heterocycles. The van der Waals surface area contributed by atoms with Gasteiger partial charge in [-0.15, -0.1) is 0 Å². The zero-order valence-corrected chi connectivity index (χ0v) is 12.2. The van der Waals surface area contributed by atoms with Crippen molar-refractivity contribution in [3.8, 4) is 0 Å². The predicted molar refractivity (Wildman–Crippen MR) is 76.5 cm³/mol. The van der Waals surface area contributed by atoms with Crippen molar-refractivity contribution in [3.05, 3.63) is 0 Å². The molecule has 3 aliphatic rings. The predicted octanol–water partition coefficient (Wildman–Crippen LogP) is 2.26. The molecule has 3 nitrogen and oxygen atoms in total. The van der Waals surface area contributed by atoms with Crippen molar-refractivity contribution < 1.29 is 4.79 Å². The van der Waals surface area contributed by atoms with Crippen LogP contribution in [0.3, 0.4) is 0 Å². The van der Waals surface area contributed by atoms with Crippen LogP contribution in [0.2, 0.25) is 0 Å². The molecule has 19 heavy (non-hydrogen) atoms. The Hall–Kier alpha value is -0.570. The van der Waals surface area contributed by atoms with Gasteiger partial charge in [-0.25, -0.2) is 0 Å². The van der Waals surface area contributed by atoms with Gasteiger partial charge in [0.05, 0.1) is 0 Å². The number of hydrogen-bond acceptors (Lipinski definition) is 2. The second kappa shape index (κ2) is 5.43. The zero-order chi connectivity index (χ0) is 13.4. The van der Waals surface area contributed by atoms with E-state index < -0.39 is 0 Å². The van der Waals surface area contributed by atoms with Crippen molar-refractivity contribution in [2.45, 2.75) is 45.4 Å². The molecule has 0 aromatic rings. The lowest BCUT2D eigenvalue weighted by atomic mass is 9.84. The Morgan fingerprint density at radius 3 is 2.68 bits per heavy atom. The van der Waals surface area contributed by atoms with E-state index in [9.17, 15) is 4.79 Å². The van der Waals surface area contributed by atoms with Gasteiger partial charge in [0.1, 0.15) is 0 Å². The number of carbonyl (C=O) groups is 1. The number of nitrogens with zero attached hydrogens (tertiary/aromatic N) is 1. The lowest BCUT2D eigenvalue weighted by Gasteiger charge is -2.37. The van der Waals surface area contributed by atoms with Gasteiger partial charge >= 0.3 is 0 Å². The molecule has 0 spiro atoms. The third-order valence-corrected chi connectivity index (χ3v) is 6.09. The van der Waals surface area contributed by atoms with Crippen LogP contribution in [0.1, 0.15) is 45.4 Å². The third-order valence-electron chi connectivity index (χ3n) is 6.09. The molecule has 2 saturated carbocycles. The minimum absolute atomic E-state index is 0.405. The van der Waals surface area contributed by atoms with E-state index >= 15 is 0 Å². The van der Waals surface area contributed by atoms with Crippen LogP contribution >= 0.6 is 0 Å². The van der Waals surface area contributed by atoms with Crippen molar-refractivity contribution >= 4 is 5.91 Å². The van der Waals surface area contributed by atoms with Gasteiger partial charge < -0.3 is 10.6 Å². The van der Waals surface area contributed by atoms with Crippen LogP contribution in [-0.4, -0.2) is 30.4 Å². The van der Waals surface area contributed by atoms with Crippen LogP contribution < -0.4 is 5.73 Å². The summed E-state index contributed by atoms with van der Waals surface area (Å²) in [5.41, 5.74) is 5.83. The Morgan fingerprint density at radius 1 is 1.21 bits per heavy atom. The number of nitrogens with two attached hydrogens (primary N) is 1. The molecule has 3 rings (SSSR count). The number of amides is 1. The summed E-state index contributed by atoms with van der Waals surface area (Å²) in [7, 11) is 0. The molecule has 0 aromatic heterocycles. The van der Waals surface area contributed by atoms with E-state index in [1.54, 1.807) is 0 Å². The summed E-state index contributed by atoms with van der Waals surface area (Å²) in [5, 5.41) is 0. The Bertz CT molecular complexity index is 344. The van der Waals surface area contributed by atoms with Crippen molar-refractivity contribution in [2.75, 3.05) is 19.6 Å². The molecule has 1 heterocycles. The average molecular weight is 264 g/mol. The van der Waals surface area contributed by atoms with Crippen molar-refractivity contribution in [1.82, 2.24) is 4.90 Å². The molecule has 0 aromatic carbocycles. The molecule has 5 unspecified atom stereocenters. The van der Waals surface area contributed by atoms with E-state index in [4.69, 9.17) is 5.73 Å². The molecular formula is C16H28N2O. The van der Waals surface area contributed by atoms with E-state index in [0.717, 1.165) is 44.3 Å². The standard InChI is InChI=1S/C16H28N2O/c1-11-4-5-18(10-15(11)9-17)16(19)8-14-7-12-2-3-13(14)6-12/h11-15H,2-10,17H2,1H3. The van der Waals surface area contributed by atoms with E-state index in [1.807, 2.05) is 0 Å². The maximum absolute atomic E-state index is 12.5. The Labute approximate surface area is 116 Å². The molecule has 0 radical (unpaired) electrons. The monoisotopic (exact) mass is 264 g/mol. The molecular weight excluding hydrogens is 236 g/mol. The smallest absolute Gasteiger partial charge is 0.222 e. The molecule has 3 heteroatoms. The number of rotatable bonds is 3. The molecule has 108 valence electrons. The minimum Gasteiger partial charge on any atom is -0.342 e.